The highest BCUT2D eigenvalue weighted by Gasteiger charge is 2.26. The van der Waals surface area contributed by atoms with Gasteiger partial charge in [0, 0.05) is 24.5 Å². The third-order valence-corrected chi connectivity index (χ3v) is 4.31. The van der Waals surface area contributed by atoms with Crippen LogP contribution in [0.2, 0.25) is 0 Å². The first-order chi connectivity index (χ1) is 11.3. The van der Waals surface area contributed by atoms with E-state index in [-0.39, 0.29) is 6.23 Å². The van der Waals surface area contributed by atoms with Crippen molar-refractivity contribution in [1.82, 2.24) is 19.7 Å². The molecule has 7 heteroatoms. The van der Waals surface area contributed by atoms with Crippen LogP contribution >= 0.6 is 11.8 Å². The number of aryl methyl sites for hydroxylation is 1. The number of ether oxygens (including phenoxy) is 1. The number of para-hydroxylation sites is 1. The van der Waals surface area contributed by atoms with Crippen LogP contribution < -0.4 is 10.1 Å². The molecule has 6 nitrogen and oxygen atoms in total. The minimum atomic E-state index is -0.344. The Morgan fingerprint density at radius 1 is 1.17 bits per heavy atom. The molecule has 0 radical (unpaired) electrons. The van der Waals surface area contributed by atoms with Crippen molar-refractivity contribution in [2.75, 3.05) is 11.6 Å². The van der Waals surface area contributed by atoms with Crippen LogP contribution in [0.1, 0.15) is 11.9 Å². The Labute approximate surface area is 137 Å². The molecule has 0 bridgehead atoms. The average Bonchev–Trinajstić information content (AvgIpc) is 2.93. The maximum Gasteiger partial charge on any atom is 0.247 e. The van der Waals surface area contributed by atoms with Crippen LogP contribution in [0.15, 0.2) is 47.8 Å². The molecule has 4 rings (SSSR count). The Morgan fingerprint density at radius 3 is 2.83 bits per heavy atom. The molecule has 1 aromatic carbocycles. The van der Waals surface area contributed by atoms with Crippen molar-refractivity contribution in [3.05, 3.63) is 48.3 Å². The molecule has 0 saturated heterocycles. The number of hydrogen-bond acceptors (Lipinski definition) is 6. The molecule has 1 aliphatic rings. The summed E-state index contributed by atoms with van der Waals surface area (Å²) in [6.45, 7) is 0. The molecule has 23 heavy (non-hydrogen) atoms. The van der Waals surface area contributed by atoms with Crippen LogP contribution in [0.25, 0.3) is 11.3 Å². The van der Waals surface area contributed by atoms with E-state index < -0.39 is 0 Å². The highest BCUT2D eigenvalue weighted by atomic mass is 32.2. The molecule has 0 fully saturated rings. The van der Waals surface area contributed by atoms with Gasteiger partial charge in [-0.1, -0.05) is 30.0 Å². The lowest BCUT2D eigenvalue weighted by Crippen LogP contribution is -2.19. The summed E-state index contributed by atoms with van der Waals surface area (Å²) in [4.78, 5) is 4.50. The van der Waals surface area contributed by atoms with Gasteiger partial charge in [0.2, 0.25) is 17.3 Å². The number of thioether (sulfide) groups is 1. The van der Waals surface area contributed by atoms with E-state index in [1.54, 1.807) is 0 Å². The first-order valence-electron chi connectivity index (χ1n) is 7.19. The smallest absolute Gasteiger partial charge is 0.247 e. The summed E-state index contributed by atoms with van der Waals surface area (Å²) in [5, 5.41) is 12.5. The molecular formula is C16H15N5OS. The van der Waals surface area contributed by atoms with E-state index >= 15 is 0 Å². The zero-order valence-corrected chi connectivity index (χ0v) is 13.5. The number of rotatable bonds is 2. The standard InChI is InChI=1S/C16H15N5OS/c1-21-9-5-8-12(21)14-17-11-7-4-3-6-10(11)13-15(22-14)18-16(23-2)20-19-13/h3-9,14,17H,1-2H3/t14-/m1/s1. The molecule has 2 aromatic heterocycles. The van der Waals surface area contributed by atoms with Gasteiger partial charge in [-0.3, -0.25) is 0 Å². The van der Waals surface area contributed by atoms with Crippen molar-refractivity contribution in [2.24, 2.45) is 7.05 Å². The van der Waals surface area contributed by atoms with Crippen LogP contribution in [0.5, 0.6) is 5.88 Å². The Kier molecular flexibility index (Phi) is 3.42. The summed E-state index contributed by atoms with van der Waals surface area (Å²) in [5.74, 6) is 0.494. The Balaban J connectivity index is 1.89. The summed E-state index contributed by atoms with van der Waals surface area (Å²) in [7, 11) is 1.99. The van der Waals surface area contributed by atoms with Gasteiger partial charge in [-0.05, 0) is 24.5 Å². The second-order valence-electron chi connectivity index (χ2n) is 5.18. The Bertz CT molecular complexity index is 863. The molecule has 116 valence electrons. The molecule has 1 atom stereocenters. The fraction of sp³-hybridized carbons (Fsp3) is 0.188. The van der Waals surface area contributed by atoms with E-state index in [2.05, 4.69) is 20.5 Å². The zero-order chi connectivity index (χ0) is 15.8. The molecule has 0 saturated carbocycles. The number of hydrogen-bond donors (Lipinski definition) is 1. The summed E-state index contributed by atoms with van der Waals surface area (Å²) in [6.07, 6.45) is 3.56. The van der Waals surface area contributed by atoms with Gasteiger partial charge in [-0.2, -0.15) is 4.98 Å². The maximum absolute atomic E-state index is 6.15. The number of aromatic nitrogens is 4. The minimum absolute atomic E-state index is 0.344. The van der Waals surface area contributed by atoms with Gasteiger partial charge in [0.1, 0.15) is 0 Å². The number of nitrogens with zero attached hydrogens (tertiary/aromatic N) is 4. The van der Waals surface area contributed by atoms with E-state index in [4.69, 9.17) is 4.74 Å². The monoisotopic (exact) mass is 325 g/mol. The summed E-state index contributed by atoms with van der Waals surface area (Å²) in [6, 6.07) is 12.0. The molecule has 1 aliphatic heterocycles. The molecule has 1 N–H and O–H groups in total. The maximum atomic E-state index is 6.15. The second kappa shape index (κ2) is 5.58. The topological polar surface area (TPSA) is 64.9 Å². The molecule has 0 aliphatic carbocycles. The SMILES string of the molecule is CSc1nnc2c(n1)O[C@H](c1cccn1C)Nc1ccccc1-2. The summed E-state index contributed by atoms with van der Waals surface area (Å²) in [5.41, 5.74) is 3.55. The van der Waals surface area contributed by atoms with E-state index in [1.807, 2.05) is 60.5 Å². The Hall–Kier alpha value is -2.54. The fourth-order valence-corrected chi connectivity index (χ4v) is 2.91. The van der Waals surface area contributed by atoms with E-state index in [0.717, 1.165) is 16.9 Å². The first kappa shape index (κ1) is 14.1. The molecular weight excluding hydrogens is 310 g/mol. The van der Waals surface area contributed by atoms with Crippen molar-refractivity contribution in [1.29, 1.82) is 0 Å². The highest BCUT2D eigenvalue weighted by molar-refractivity contribution is 7.98. The van der Waals surface area contributed by atoms with Crippen molar-refractivity contribution < 1.29 is 4.74 Å². The largest absolute Gasteiger partial charge is 0.446 e. The predicted molar refractivity (Wildman–Crippen MR) is 89.4 cm³/mol. The lowest BCUT2D eigenvalue weighted by Gasteiger charge is -2.19. The van der Waals surface area contributed by atoms with Crippen LogP contribution in [0.4, 0.5) is 5.69 Å². The normalized spacial score (nSPS) is 15.8. The van der Waals surface area contributed by atoms with Crippen molar-refractivity contribution in [2.45, 2.75) is 11.4 Å². The lowest BCUT2D eigenvalue weighted by molar-refractivity contribution is 0.217. The van der Waals surface area contributed by atoms with Gasteiger partial charge in [0.15, 0.2) is 5.69 Å². The third kappa shape index (κ3) is 2.43. The predicted octanol–water partition coefficient (Wildman–Crippen LogP) is 3.10. The van der Waals surface area contributed by atoms with Crippen LogP contribution in [0.3, 0.4) is 0 Å². The molecule has 3 aromatic rings. The van der Waals surface area contributed by atoms with E-state index in [1.165, 1.54) is 11.8 Å². The van der Waals surface area contributed by atoms with Gasteiger partial charge in [0.05, 0.1) is 5.69 Å². The number of nitrogens with one attached hydrogen (secondary N) is 1. The minimum Gasteiger partial charge on any atom is -0.446 e. The van der Waals surface area contributed by atoms with E-state index in [9.17, 15) is 0 Å². The first-order valence-corrected chi connectivity index (χ1v) is 8.41. The number of benzene rings is 1. The van der Waals surface area contributed by atoms with Crippen LogP contribution in [-0.4, -0.2) is 26.0 Å². The zero-order valence-electron chi connectivity index (χ0n) is 12.7. The van der Waals surface area contributed by atoms with Gasteiger partial charge >= 0.3 is 0 Å². The van der Waals surface area contributed by atoms with Crippen molar-refractivity contribution in [3.8, 4) is 17.1 Å². The quantitative estimate of drug-likeness (QED) is 0.730. The average molecular weight is 325 g/mol. The van der Waals surface area contributed by atoms with Crippen LogP contribution in [-0.2, 0) is 7.05 Å². The number of fused-ring (bicyclic) bond motifs is 3. The molecule has 0 amide bonds. The fourth-order valence-electron chi connectivity index (χ4n) is 2.61. The highest BCUT2D eigenvalue weighted by Crippen LogP contribution is 2.39. The van der Waals surface area contributed by atoms with E-state index in [0.29, 0.717) is 16.7 Å². The Morgan fingerprint density at radius 2 is 2.04 bits per heavy atom. The second-order valence-corrected chi connectivity index (χ2v) is 5.96. The van der Waals surface area contributed by atoms with Crippen molar-refractivity contribution >= 4 is 17.4 Å². The van der Waals surface area contributed by atoms with Gasteiger partial charge < -0.3 is 14.6 Å². The molecule has 0 spiro atoms. The lowest BCUT2D eigenvalue weighted by atomic mass is 10.1. The molecule has 0 unspecified atom stereocenters. The van der Waals surface area contributed by atoms with Gasteiger partial charge in [-0.25, -0.2) is 0 Å². The van der Waals surface area contributed by atoms with Crippen LogP contribution in [0, 0.1) is 0 Å². The van der Waals surface area contributed by atoms with Gasteiger partial charge in [-0.15, -0.1) is 10.2 Å². The van der Waals surface area contributed by atoms with Gasteiger partial charge in [0.25, 0.3) is 0 Å². The summed E-state index contributed by atoms with van der Waals surface area (Å²) < 4.78 is 8.17. The van der Waals surface area contributed by atoms with Crippen molar-refractivity contribution in [3.63, 3.8) is 0 Å². The third-order valence-electron chi connectivity index (χ3n) is 3.77. The molecule has 3 heterocycles. The number of anilines is 1. The summed E-state index contributed by atoms with van der Waals surface area (Å²) >= 11 is 1.44.